The number of aromatic hydroxyl groups is 1. The molecule has 0 fully saturated rings. The summed E-state index contributed by atoms with van der Waals surface area (Å²) in [6, 6.07) is 3.29. The Bertz CT molecular complexity index is 444. The zero-order valence-electron chi connectivity index (χ0n) is 8.64. The first-order valence-corrected chi connectivity index (χ1v) is 6.59. The van der Waals surface area contributed by atoms with Crippen LogP contribution in [-0.2, 0) is 16.1 Å². The zero-order chi connectivity index (χ0) is 13.2. The summed E-state index contributed by atoms with van der Waals surface area (Å²) >= 11 is 3.92. The monoisotopic (exact) mass is 468 g/mol. The Balaban J connectivity index is 2.80. The Morgan fingerprint density at radius 2 is 2.06 bits per heavy atom. The van der Waals surface area contributed by atoms with Gasteiger partial charge in [0.25, 0.3) is 0 Å². The van der Waals surface area contributed by atoms with Gasteiger partial charge in [0.2, 0.25) is 0 Å². The van der Waals surface area contributed by atoms with Gasteiger partial charge in [-0.25, -0.2) is 4.79 Å². The lowest BCUT2D eigenvalue weighted by atomic mass is 10.2. The molecule has 0 amide bonds. The molecule has 1 aromatic rings. The summed E-state index contributed by atoms with van der Waals surface area (Å²) in [4.78, 5) is 10.9. The average molecular weight is 468 g/mol. The van der Waals surface area contributed by atoms with Crippen molar-refractivity contribution in [3.05, 3.63) is 24.8 Å². The minimum atomic E-state index is -3.52. The maximum Gasteiger partial charge on any atom is 0.377 e. The number of halogens is 4. The van der Waals surface area contributed by atoms with Crippen molar-refractivity contribution >= 4 is 51.2 Å². The van der Waals surface area contributed by atoms with E-state index in [0.29, 0.717) is 16.1 Å². The number of esters is 1. The highest BCUT2D eigenvalue weighted by Crippen LogP contribution is 2.28. The molecule has 17 heavy (non-hydrogen) atoms. The van der Waals surface area contributed by atoms with Crippen LogP contribution in [0.4, 0.5) is 8.78 Å². The van der Waals surface area contributed by atoms with Gasteiger partial charge in [0.05, 0.1) is 3.57 Å². The molecule has 0 radical (unpaired) electrons. The van der Waals surface area contributed by atoms with Gasteiger partial charge in [-0.1, -0.05) is 0 Å². The number of alkyl halides is 2. The molecule has 0 aliphatic heterocycles. The first kappa shape index (κ1) is 14.9. The minimum absolute atomic E-state index is 0.0572. The van der Waals surface area contributed by atoms with Crippen LogP contribution < -0.4 is 0 Å². The van der Waals surface area contributed by atoms with E-state index >= 15 is 0 Å². The normalized spacial score (nSPS) is 11.4. The third-order valence-corrected chi connectivity index (χ3v) is 3.27. The minimum Gasteiger partial charge on any atom is -0.506 e. The van der Waals surface area contributed by atoms with Crippen LogP contribution in [-0.4, -0.2) is 17.0 Å². The van der Waals surface area contributed by atoms with E-state index in [2.05, 4.69) is 4.74 Å². The largest absolute Gasteiger partial charge is 0.506 e. The number of rotatable bonds is 3. The Morgan fingerprint density at radius 3 is 2.59 bits per heavy atom. The number of hydrogen-bond acceptors (Lipinski definition) is 3. The molecule has 94 valence electrons. The van der Waals surface area contributed by atoms with Crippen LogP contribution in [0.1, 0.15) is 12.5 Å². The van der Waals surface area contributed by atoms with E-state index in [9.17, 15) is 18.7 Å². The smallest absolute Gasteiger partial charge is 0.377 e. The van der Waals surface area contributed by atoms with Gasteiger partial charge in [-0.05, 0) is 57.3 Å². The van der Waals surface area contributed by atoms with Crippen molar-refractivity contribution in [3.8, 4) is 5.75 Å². The van der Waals surface area contributed by atoms with E-state index in [0.717, 1.165) is 3.57 Å². The molecule has 0 atom stereocenters. The summed E-state index contributed by atoms with van der Waals surface area (Å²) in [6.45, 7) is 0.0919. The molecule has 0 heterocycles. The summed E-state index contributed by atoms with van der Waals surface area (Å²) in [6.07, 6.45) is 0. The van der Waals surface area contributed by atoms with E-state index in [-0.39, 0.29) is 12.4 Å². The van der Waals surface area contributed by atoms with Gasteiger partial charge in [-0.2, -0.15) is 8.78 Å². The number of carbonyl (C=O) groups is 1. The fraction of sp³-hybridized carbons (Fsp3) is 0.300. The van der Waals surface area contributed by atoms with Crippen LogP contribution in [0, 0.1) is 7.14 Å². The maximum atomic E-state index is 12.5. The zero-order valence-corrected chi connectivity index (χ0v) is 13.0. The standard InChI is InChI=1S/C10H8F2I2O3/c1-10(11,12)9(16)17-4-5-2-6(13)3-7(14)8(5)15/h2-3,15H,4H2,1H3. The predicted molar refractivity (Wildman–Crippen MR) is 74.0 cm³/mol. The summed E-state index contributed by atoms with van der Waals surface area (Å²) in [5.74, 6) is -5.19. The van der Waals surface area contributed by atoms with Crippen molar-refractivity contribution in [1.29, 1.82) is 0 Å². The Labute approximate surface area is 124 Å². The highest BCUT2D eigenvalue weighted by atomic mass is 127. The van der Waals surface area contributed by atoms with E-state index < -0.39 is 11.9 Å². The van der Waals surface area contributed by atoms with Crippen molar-refractivity contribution in [2.45, 2.75) is 19.5 Å². The third kappa shape index (κ3) is 4.19. The molecule has 0 saturated carbocycles. The second-order valence-electron chi connectivity index (χ2n) is 3.36. The predicted octanol–water partition coefficient (Wildman–Crippen LogP) is 3.30. The van der Waals surface area contributed by atoms with Crippen LogP contribution in [0.3, 0.4) is 0 Å². The molecular formula is C10H8F2I2O3. The van der Waals surface area contributed by atoms with Gasteiger partial charge < -0.3 is 9.84 Å². The highest BCUT2D eigenvalue weighted by molar-refractivity contribution is 14.1. The second kappa shape index (κ2) is 5.63. The van der Waals surface area contributed by atoms with Gasteiger partial charge in [0, 0.05) is 16.1 Å². The SMILES string of the molecule is CC(F)(F)C(=O)OCc1cc(I)cc(I)c1O. The lowest BCUT2D eigenvalue weighted by Gasteiger charge is -2.11. The van der Waals surface area contributed by atoms with Gasteiger partial charge in [0.15, 0.2) is 0 Å². The number of ether oxygens (including phenoxy) is 1. The second-order valence-corrected chi connectivity index (χ2v) is 5.77. The quantitative estimate of drug-likeness (QED) is 0.548. The lowest BCUT2D eigenvalue weighted by molar-refractivity contribution is -0.170. The van der Waals surface area contributed by atoms with Crippen molar-refractivity contribution in [1.82, 2.24) is 0 Å². The van der Waals surface area contributed by atoms with Gasteiger partial charge in [-0.3, -0.25) is 0 Å². The summed E-state index contributed by atoms with van der Waals surface area (Å²) < 4.78 is 30.9. The molecule has 0 bridgehead atoms. The first-order valence-electron chi connectivity index (χ1n) is 4.43. The van der Waals surface area contributed by atoms with Crippen LogP contribution in [0.15, 0.2) is 12.1 Å². The lowest BCUT2D eigenvalue weighted by Crippen LogP contribution is -2.26. The van der Waals surface area contributed by atoms with Crippen molar-refractivity contribution < 1.29 is 23.4 Å². The number of benzene rings is 1. The molecule has 7 heteroatoms. The average Bonchev–Trinajstić information content (AvgIpc) is 2.19. The summed E-state index contributed by atoms with van der Waals surface area (Å²) in [5, 5.41) is 9.65. The number of carbonyl (C=O) groups excluding carboxylic acids is 1. The maximum absolute atomic E-state index is 12.5. The number of phenolic OH excluding ortho intramolecular Hbond substituents is 1. The topological polar surface area (TPSA) is 46.5 Å². The van der Waals surface area contributed by atoms with E-state index in [1.165, 1.54) is 0 Å². The fourth-order valence-corrected chi connectivity index (χ4v) is 2.96. The molecule has 1 aromatic carbocycles. The van der Waals surface area contributed by atoms with Crippen molar-refractivity contribution in [2.75, 3.05) is 0 Å². The molecule has 0 spiro atoms. The van der Waals surface area contributed by atoms with E-state index in [1.54, 1.807) is 12.1 Å². The molecule has 0 aliphatic rings. The molecule has 1 rings (SSSR count). The van der Waals surface area contributed by atoms with Crippen molar-refractivity contribution in [3.63, 3.8) is 0 Å². The summed E-state index contributed by atoms with van der Waals surface area (Å²) in [5.41, 5.74) is 0.305. The summed E-state index contributed by atoms with van der Waals surface area (Å²) in [7, 11) is 0. The Hall–Kier alpha value is -0.190. The molecule has 0 saturated heterocycles. The fourth-order valence-electron chi connectivity index (χ4n) is 0.999. The van der Waals surface area contributed by atoms with E-state index in [4.69, 9.17) is 0 Å². The Morgan fingerprint density at radius 1 is 1.47 bits per heavy atom. The molecule has 0 aromatic heterocycles. The molecule has 0 unspecified atom stereocenters. The van der Waals surface area contributed by atoms with Crippen LogP contribution >= 0.6 is 45.2 Å². The van der Waals surface area contributed by atoms with Crippen molar-refractivity contribution in [2.24, 2.45) is 0 Å². The molecular weight excluding hydrogens is 460 g/mol. The molecule has 0 aliphatic carbocycles. The third-order valence-electron chi connectivity index (χ3n) is 1.82. The van der Waals surface area contributed by atoms with Gasteiger partial charge in [-0.15, -0.1) is 0 Å². The Kier molecular flexibility index (Phi) is 4.93. The van der Waals surface area contributed by atoms with Gasteiger partial charge >= 0.3 is 11.9 Å². The number of phenols is 1. The van der Waals surface area contributed by atoms with Gasteiger partial charge in [0.1, 0.15) is 12.4 Å². The molecule has 3 nitrogen and oxygen atoms in total. The molecule has 1 N–H and O–H groups in total. The first-order chi connectivity index (χ1) is 7.71. The van der Waals surface area contributed by atoms with Crippen LogP contribution in [0.5, 0.6) is 5.75 Å². The highest BCUT2D eigenvalue weighted by Gasteiger charge is 2.34. The van der Waals surface area contributed by atoms with E-state index in [1.807, 2.05) is 45.2 Å². The van der Waals surface area contributed by atoms with Crippen LogP contribution in [0.25, 0.3) is 0 Å². The van der Waals surface area contributed by atoms with Crippen LogP contribution in [0.2, 0.25) is 0 Å². The number of hydrogen-bond donors (Lipinski definition) is 1.